The first-order chi connectivity index (χ1) is 10.0. The zero-order valence-corrected chi connectivity index (χ0v) is 13.2. The van der Waals surface area contributed by atoms with Gasteiger partial charge in [-0.1, -0.05) is 49.7 Å². The number of ether oxygens (including phenoxy) is 1. The second-order valence-electron chi connectivity index (χ2n) is 6.57. The van der Waals surface area contributed by atoms with Crippen LogP contribution in [0.1, 0.15) is 42.1 Å². The van der Waals surface area contributed by atoms with Gasteiger partial charge in [0.1, 0.15) is 5.75 Å². The van der Waals surface area contributed by atoms with Gasteiger partial charge in [0, 0.05) is 12.0 Å². The highest BCUT2D eigenvalue weighted by molar-refractivity contribution is 5.47. The lowest BCUT2D eigenvalue weighted by atomic mass is 9.75. The lowest BCUT2D eigenvalue weighted by Gasteiger charge is -2.38. The van der Waals surface area contributed by atoms with Crippen molar-refractivity contribution in [3.63, 3.8) is 0 Å². The highest BCUT2D eigenvalue weighted by atomic mass is 16.5. The first-order valence-electron chi connectivity index (χ1n) is 7.49. The molecule has 0 saturated heterocycles. The Morgan fingerprint density at radius 1 is 1.14 bits per heavy atom. The Morgan fingerprint density at radius 3 is 2.67 bits per heavy atom. The molecule has 3 rings (SSSR count). The van der Waals surface area contributed by atoms with E-state index in [-0.39, 0.29) is 11.5 Å². The molecule has 0 bridgehead atoms. The van der Waals surface area contributed by atoms with Gasteiger partial charge in [0.2, 0.25) is 0 Å². The predicted molar refractivity (Wildman–Crippen MR) is 87.0 cm³/mol. The van der Waals surface area contributed by atoms with Gasteiger partial charge in [0.15, 0.2) is 0 Å². The monoisotopic (exact) mass is 281 g/mol. The molecule has 0 radical (unpaired) electrons. The molecule has 1 aliphatic heterocycles. The Morgan fingerprint density at radius 2 is 1.95 bits per heavy atom. The van der Waals surface area contributed by atoms with Crippen molar-refractivity contribution in [2.75, 3.05) is 13.7 Å². The summed E-state index contributed by atoms with van der Waals surface area (Å²) in [6, 6.07) is 15.5. The molecule has 1 atom stereocenters. The predicted octanol–water partition coefficient (Wildman–Crippen LogP) is 3.97. The molecule has 1 unspecified atom stereocenters. The van der Waals surface area contributed by atoms with E-state index < -0.39 is 0 Å². The number of aryl methyl sites for hydroxylation is 1. The minimum Gasteiger partial charge on any atom is -0.497 e. The van der Waals surface area contributed by atoms with Crippen LogP contribution < -0.4 is 10.1 Å². The van der Waals surface area contributed by atoms with E-state index in [4.69, 9.17) is 4.74 Å². The Balaban J connectivity index is 2.11. The zero-order chi connectivity index (χ0) is 15.0. The standard InChI is InChI=1S/C19H23NO/c1-13-6-5-7-14(10-13)18-16-9-8-15(21-4)11-17(16)19(2,3)12-20-18/h5-11,18,20H,12H2,1-4H3. The van der Waals surface area contributed by atoms with Crippen LogP contribution in [0.25, 0.3) is 0 Å². The molecule has 1 N–H and O–H groups in total. The van der Waals surface area contributed by atoms with Gasteiger partial charge >= 0.3 is 0 Å². The number of rotatable bonds is 2. The van der Waals surface area contributed by atoms with Crippen LogP contribution in [0.15, 0.2) is 42.5 Å². The largest absolute Gasteiger partial charge is 0.497 e. The van der Waals surface area contributed by atoms with Gasteiger partial charge in [-0.15, -0.1) is 0 Å². The smallest absolute Gasteiger partial charge is 0.119 e. The van der Waals surface area contributed by atoms with Crippen molar-refractivity contribution >= 4 is 0 Å². The van der Waals surface area contributed by atoms with Crippen LogP contribution >= 0.6 is 0 Å². The van der Waals surface area contributed by atoms with E-state index in [1.165, 1.54) is 22.3 Å². The minimum atomic E-state index is 0.115. The average molecular weight is 281 g/mol. The van der Waals surface area contributed by atoms with Crippen molar-refractivity contribution in [1.29, 1.82) is 0 Å². The Kier molecular flexibility index (Phi) is 3.50. The third-order valence-corrected chi connectivity index (χ3v) is 4.42. The van der Waals surface area contributed by atoms with E-state index in [9.17, 15) is 0 Å². The quantitative estimate of drug-likeness (QED) is 0.899. The SMILES string of the molecule is COc1ccc2c(c1)C(C)(C)CNC2c1cccc(C)c1. The maximum absolute atomic E-state index is 5.41. The van der Waals surface area contributed by atoms with Crippen molar-refractivity contribution in [1.82, 2.24) is 5.32 Å². The first-order valence-corrected chi connectivity index (χ1v) is 7.49. The summed E-state index contributed by atoms with van der Waals surface area (Å²) < 4.78 is 5.41. The summed E-state index contributed by atoms with van der Waals surface area (Å²) in [6.07, 6.45) is 0. The molecule has 1 aliphatic rings. The van der Waals surface area contributed by atoms with Crippen molar-refractivity contribution in [2.45, 2.75) is 32.2 Å². The zero-order valence-electron chi connectivity index (χ0n) is 13.2. The van der Waals surface area contributed by atoms with Gasteiger partial charge in [0.05, 0.1) is 13.2 Å². The number of fused-ring (bicyclic) bond motifs is 1. The average Bonchev–Trinajstić information content (AvgIpc) is 2.47. The number of methoxy groups -OCH3 is 1. The topological polar surface area (TPSA) is 21.3 Å². The van der Waals surface area contributed by atoms with Gasteiger partial charge in [-0.25, -0.2) is 0 Å². The first kappa shape index (κ1) is 14.2. The second kappa shape index (κ2) is 5.19. The molecule has 2 aromatic carbocycles. The van der Waals surface area contributed by atoms with Gasteiger partial charge in [-0.05, 0) is 35.7 Å². The molecule has 2 aromatic rings. The number of hydrogen-bond acceptors (Lipinski definition) is 2. The normalized spacial score (nSPS) is 19.9. The maximum Gasteiger partial charge on any atom is 0.119 e. The molecule has 0 amide bonds. The fourth-order valence-electron chi connectivity index (χ4n) is 3.21. The fraction of sp³-hybridized carbons (Fsp3) is 0.368. The van der Waals surface area contributed by atoms with Gasteiger partial charge in [0.25, 0.3) is 0 Å². The summed E-state index contributed by atoms with van der Waals surface area (Å²) in [7, 11) is 1.73. The van der Waals surface area contributed by atoms with E-state index in [0.717, 1.165) is 12.3 Å². The molecular weight excluding hydrogens is 258 g/mol. The van der Waals surface area contributed by atoms with Crippen LogP contribution in [-0.2, 0) is 5.41 Å². The van der Waals surface area contributed by atoms with Crippen molar-refractivity contribution < 1.29 is 4.74 Å². The Hall–Kier alpha value is -1.80. The molecule has 21 heavy (non-hydrogen) atoms. The van der Waals surface area contributed by atoms with E-state index >= 15 is 0 Å². The van der Waals surface area contributed by atoms with Gasteiger partial charge < -0.3 is 10.1 Å². The molecule has 0 fully saturated rings. The number of nitrogens with one attached hydrogen (secondary N) is 1. The Bertz CT molecular complexity index is 660. The number of hydrogen-bond donors (Lipinski definition) is 1. The van der Waals surface area contributed by atoms with Crippen LogP contribution in [-0.4, -0.2) is 13.7 Å². The highest BCUT2D eigenvalue weighted by Gasteiger charge is 2.33. The summed E-state index contributed by atoms with van der Waals surface area (Å²) in [5.41, 5.74) is 5.49. The summed E-state index contributed by atoms with van der Waals surface area (Å²) >= 11 is 0. The lowest BCUT2D eigenvalue weighted by Crippen LogP contribution is -2.42. The molecule has 1 heterocycles. The molecule has 0 aromatic heterocycles. The molecule has 0 saturated carbocycles. The molecule has 2 nitrogen and oxygen atoms in total. The van der Waals surface area contributed by atoms with E-state index in [0.29, 0.717) is 0 Å². The van der Waals surface area contributed by atoms with E-state index in [1.54, 1.807) is 7.11 Å². The lowest BCUT2D eigenvalue weighted by molar-refractivity contribution is 0.391. The summed E-state index contributed by atoms with van der Waals surface area (Å²) in [4.78, 5) is 0. The fourth-order valence-corrected chi connectivity index (χ4v) is 3.21. The third-order valence-electron chi connectivity index (χ3n) is 4.42. The van der Waals surface area contributed by atoms with Crippen LogP contribution in [0.4, 0.5) is 0 Å². The highest BCUT2D eigenvalue weighted by Crippen LogP contribution is 2.39. The van der Waals surface area contributed by atoms with E-state index in [1.807, 2.05) is 0 Å². The molecular formula is C19H23NO. The van der Waals surface area contributed by atoms with Crippen LogP contribution in [0.3, 0.4) is 0 Å². The maximum atomic E-state index is 5.41. The van der Waals surface area contributed by atoms with Crippen LogP contribution in [0, 0.1) is 6.92 Å². The van der Waals surface area contributed by atoms with Crippen molar-refractivity contribution in [3.05, 3.63) is 64.7 Å². The molecule has 0 aliphatic carbocycles. The number of benzene rings is 2. The van der Waals surface area contributed by atoms with Gasteiger partial charge in [-0.2, -0.15) is 0 Å². The van der Waals surface area contributed by atoms with Crippen LogP contribution in [0.5, 0.6) is 5.75 Å². The summed E-state index contributed by atoms with van der Waals surface area (Å²) in [6.45, 7) is 7.67. The van der Waals surface area contributed by atoms with Gasteiger partial charge in [-0.3, -0.25) is 0 Å². The second-order valence-corrected chi connectivity index (χ2v) is 6.57. The van der Waals surface area contributed by atoms with Crippen LogP contribution in [0.2, 0.25) is 0 Å². The Labute approximate surface area is 127 Å². The molecule has 110 valence electrons. The van der Waals surface area contributed by atoms with Crippen molar-refractivity contribution in [2.24, 2.45) is 0 Å². The molecule has 2 heteroatoms. The van der Waals surface area contributed by atoms with E-state index in [2.05, 4.69) is 68.6 Å². The minimum absolute atomic E-state index is 0.115. The summed E-state index contributed by atoms with van der Waals surface area (Å²) in [5, 5.41) is 3.71. The molecule has 0 spiro atoms. The summed E-state index contributed by atoms with van der Waals surface area (Å²) in [5.74, 6) is 0.937. The third kappa shape index (κ3) is 2.56. The van der Waals surface area contributed by atoms with Crippen molar-refractivity contribution in [3.8, 4) is 5.75 Å².